The molecular formula is C19H17N5OS. The summed E-state index contributed by atoms with van der Waals surface area (Å²) in [5.74, 6) is 0.468. The molecule has 1 amide bonds. The Morgan fingerprint density at radius 2 is 2.12 bits per heavy atom. The molecular weight excluding hydrogens is 346 g/mol. The standard InChI is InChI=1S/C19H17N5OS/c1-3-11-26-19-22-18(25)16-13-8-4-5-9-14(13)21-17(24(16)23-19)15-10-6-7-12(2)20-15/h3-10,17H,1,11H2,2H3,(H,22,23,25)/t17-/m1/s1. The number of hydrazone groups is 1. The van der Waals surface area contributed by atoms with Gasteiger partial charge in [0.05, 0.1) is 11.1 Å². The molecule has 26 heavy (non-hydrogen) atoms. The summed E-state index contributed by atoms with van der Waals surface area (Å²) in [4.78, 5) is 22.3. The summed E-state index contributed by atoms with van der Waals surface area (Å²) in [7, 11) is 0. The number of carbonyl (C=O) groups is 1. The summed E-state index contributed by atoms with van der Waals surface area (Å²) in [5, 5.41) is 11.2. The molecule has 2 aliphatic rings. The first-order valence-corrected chi connectivity index (χ1v) is 9.19. The number of benzene rings is 1. The van der Waals surface area contributed by atoms with Gasteiger partial charge in [-0.25, -0.2) is 5.01 Å². The number of carbonyl (C=O) groups excluding carboxylic acids is 1. The second-order valence-corrected chi connectivity index (χ2v) is 6.88. The fraction of sp³-hybridized carbons (Fsp3) is 0.158. The summed E-state index contributed by atoms with van der Waals surface area (Å²) in [6, 6.07) is 13.4. The predicted molar refractivity (Wildman–Crippen MR) is 102 cm³/mol. The van der Waals surface area contributed by atoms with Crippen molar-refractivity contribution in [2.24, 2.45) is 10.1 Å². The van der Waals surface area contributed by atoms with Gasteiger partial charge in [-0.1, -0.05) is 42.1 Å². The van der Waals surface area contributed by atoms with E-state index in [2.05, 4.69) is 22.0 Å². The molecule has 6 nitrogen and oxygen atoms in total. The van der Waals surface area contributed by atoms with Gasteiger partial charge in [0.1, 0.15) is 5.70 Å². The van der Waals surface area contributed by atoms with Crippen molar-refractivity contribution < 1.29 is 4.79 Å². The number of nitrogens with one attached hydrogen (secondary N) is 1. The smallest absolute Gasteiger partial charge is 0.276 e. The Kier molecular flexibility index (Phi) is 4.30. The quantitative estimate of drug-likeness (QED) is 0.838. The Bertz CT molecular complexity index is 1050. The highest BCUT2D eigenvalue weighted by atomic mass is 32.2. The molecule has 7 heteroatoms. The van der Waals surface area contributed by atoms with Crippen LogP contribution in [0.3, 0.4) is 0 Å². The second-order valence-electron chi connectivity index (χ2n) is 5.88. The highest BCUT2D eigenvalue weighted by molar-refractivity contribution is 8.14. The third-order valence-electron chi connectivity index (χ3n) is 4.03. The minimum Gasteiger partial charge on any atom is -0.298 e. The lowest BCUT2D eigenvalue weighted by molar-refractivity contribution is -0.116. The predicted octanol–water partition coefficient (Wildman–Crippen LogP) is 1.45. The Morgan fingerprint density at radius 3 is 2.92 bits per heavy atom. The van der Waals surface area contributed by atoms with Crippen LogP contribution in [0.2, 0.25) is 0 Å². The number of amidine groups is 1. The van der Waals surface area contributed by atoms with Gasteiger partial charge in [0.2, 0.25) is 0 Å². The van der Waals surface area contributed by atoms with Crippen molar-refractivity contribution in [1.29, 1.82) is 0 Å². The second kappa shape index (κ2) is 6.76. The molecule has 3 heterocycles. The molecule has 0 radical (unpaired) electrons. The zero-order chi connectivity index (χ0) is 18.1. The maximum atomic E-state index is 12.8. The lowest BCUT2D eigenvalue weighted by atomic mass is 10.1. The average Bonchev–Trinajstić information content (AvgIpc) is 2.65. The molecule has 4 rings (SSSR count). The number of para-hydroxylation sites is 1. The van der Waals surface area contributed by atoms with Gasteiger partial charge in [0.15, 0.2) is 11.3 Å². The van der Waals surface area contributed by atoms with Crippen molar-refractivity contribution in [1.82, 2.24) is 15.3 Å². The maximum Gasteiger partial charge on any atom is 0.276 e. The van der Waals surface area contributed by atoms with Gasteiger partial charge < -0.3 is 0 Å². The van der Waals surface area contributed by atoms with E-state index in [0.29, 0.717) is 16.6 Å². The van der Waals surface area contributed by atoms with E-state index >= 15 is 0 Å². The zero-order valence-electron chi connectivity index (χ0n) is 14.2. The van der Waals surface area contributed by atoms with Crippen LogP contribution in [0.4, 0.5) is 0 Å². The van der Waals surface area contributed by atoms with Gasteiger partial charge in [-0.2, -0.15) is 0 Å². The van der Waals surface area contributed by atoms with Crippen LogP contribution in [-0.2, 0) is 4.79 Å². The molecule has 0 saturated carbocycles. The lowest BCUT2D eigenvalue weighted by Crippen LogP contribution is -2.50. The van der Waals surface area contributed by atoms with Crippen molar-refractivity contribution in [3.63, 3.8) is 0 Å². The molecule has 1 N–H and O–H groups in total. The van der Waals surface area contributed by atoms with E-state index in [1.807, 2.05) is 49.4 Å². The number of rotatable bonds is 3. The molecule has 0 spiro atoms. The number of thioether (sulfide) groups is 1. The highest BCUT2D eigenvalue weighted by Crippen LogP contribution is 2.29. The number of aryl methyl sites for hydroxylation is 1. The molecule has 1 aromatic carbocycles. The lowest BCUT2D eigenvalue weighted by Gasteiger charge is -2.33. The van der Waals surface area contributed by atoms with Crippen molar-refractivity contribution in [3.8, 4) is 0 Å². The maximum absolute atomic E-state index is 12.8. The highest BCUT2D eigenvalue weighted by Gasteiger charge is 2.34. The summed E-state index contributed by atoms with van der Waals surface area (Å²) >= 11 is 1.42. The number of hydrogen-bond donors (Lipinski definition) is 1. The summed E-state index contributed by atoms with van der Waals surface area (Å²) < 4.78 is 0. The van der Waals surface area contributed by atoms with Crippen LogP contribution in [0.25, 0.3) is 5.70 Å². The minimum absolute atomic E-state index is 0.188. The SMILES string of the molecule is C=CCSC1=NN2C(=c3ccccc3=N[C@H]2c2cccc(C)n2)C(=O)N1. The van der Waals surface area contributed by atoms with Gasteiger partial charge in [-0.05, 0) is 25.1 Å². The van der Waals surface area contributed by atoms with E-state index in [0.717, 1.165) is 22.0 Å². The number of amides is 1. The summed E-state index contributed by atoms with van der Waals surface area (Å²) in [6.45, 7) is 5.64. The first-order chi connectivity index (χ1) is 12.7. The van der Waals surface area contributed by atoms with E-state index in [4.69, 9.17) is 4.99 Å². The van der Waals surface area contributed by atoms with E-state index in [-0.39, 0.29) is 5.91 Å². The fourth-order valence-electron chi connectivity index (χ4n) is 2.93. The van der Waals surface area contributed by atoms with Crippen LogP contribution in [0, 0.1) is 6.92 Å². The van der Waals surface area contributed by atoms with Crippen LogP contribution >= 0.6 is 11.8 Å². The van der Waals surface area contributed by atoms with Crippen LogP contribution in [-0.4, -0.2) is 26.8 Å². The zero-order valence-corrected chi connectivity index (χ0v) is 15.0. The molecule has 0 aliphatic carbocycles. The normalized spacial score (nSPS) is 18.3. The Labute approximate surface area is 155 Å². The van der Waals surface area contributed by atoms with Gasteiger partial charge in [0.25, 0.3) is 5.91 Å². The Balaban J connectivity index is 1.92. The summed E-state index contributed by atoms with van der Waals surface area (Å²) in [6.07, 6.45) is 1.29. The Morgan fingerprint density at radius 1 is 1.27 bits per heavy atom. The number of pyridine rings is 1. The topological polar surface area (TPSA) is 70.0 Å². The molecule has 0 saturated heterocycles. The minimum atomic E-state index is -0.481. The largest absolute Gasteiger partial charge is 0.298 e. The molecule has 2 aromatic rings. The number of fused-ring (bicyclic) bond motifs is 2. The monoisotopic (exact) mass is 363 g/mol. The van der Waals surface area contributed by atoms with Crippen LogP contribution < -0.4 is 15.9 Å². The van der Waals surface area contributed by atoms with E-state index in [1.165, 1.54) is 11.8 Å². The van der Waals surface area contributed by atoms with Crippen molar-refractivity contribution in [2.75, 3.05) is 5.75 Å². The Hall–Kier alpha value is -2.93. The first kappa shape index (κ1) is 16.5. The molecule has 0 fully saturated rings. The van der Waals surface area contributed by atoms with Gasteiger partial charge in [-0.3, -0.25) is 20.1 Å². The molecule has 2 aliphatic heterocycles. The fourth-order valence-corrected chi connectivity index (χ4v) is 3.52. The van der Waals surface area contributed by atoms with Gasteiger partial charge in [-0.15, -0.1) is 11.7 Å². The van der Waals surface area contributed by atoms with Crippen molar-refractivity contribution in [3.05, 3.63) is 77.1 Å². The molecule has 0 unspecified atom stereocenters. The molecule has 1 aromatic heterocycles. The summed E-state index contributed by atoms with van der Waals surface area (Å²) in [5.41, 5.74) is 2.14. The first-order valence-electron chi connectivity index (χ1n) is 8.21. The number of hydrogen-bond acceptors (Lipinski definition) is 6. The third kappa shape index (κ3) is 2.90. The van der Waals surface area contributed by atoms with E-state index in [1.54, 1.807) is 11.1 Å². The third-order valence-corrected chi connectivity index (χ3v) is 4.89. The van der Waals surface area contributed by atoms with Crippen molar-refractivity contribution >= 4 is 28.5 Å². The van der Waals surface area contributed by atoms with Crippen molar-refractivity contribution in [2.45, 2.75) is 13.1 Å². The molecule has 0 bridgehead atoms. The van der Waals surface area contributed by atoms with Crippen LogP contribution in [0.5, 0.6) is 0 Å². The van der Waals surface area contributed by atoms with Crippen LogP contribution in [0.15, 0.2) is 65.2 Å². The number of nitrogens with zero attached hydrogens (tertiary/aromatic N) is 4. The van der Waals surface area contributed by atoms with Gasteiger partial charge >= 0.3 is 0 Å². The van der Waals surface area contributed by atoms with E-state index in [9.17, 15) is 4.79 Å². The van der Waals surface area contributed by atoms with Gasteiger partial charge in [0, 0.05) is 16.7 Å². The number of aromatic nitrogens is 1. The molecule has 1 atom stereocenters. The van der Waals surface area contributed by atoms with E-state index < -0.39 is 6.17 Å². The molecule has 130 valence electrons. The average molecular weight is 363 g/mol. The van der Waals surface area contributed by atoms with Crippen LogP contribution in [0.1, 0.15) is 17.6 Å².